The van der Waals surface area contributed by atoms with Gasteiger partial charge in [-0.1, -0.05) is 43.2 Å². The molecule has 1 aromatic rings. The molecule has 3 nitrogen and oxygen atoms in total. The van der Waals surface area contributed by atoms with E-state index < -0.39 is 5.41 Å². The normalized spacial score (nSPS) is 18.7. The van der Waals surface area contributed by atoms with Crippen molar-refractivity contribution in [1.29, 1.82) is 0 Å². The molecule has 0 amide bonds. The molecule has 0 bridgehead atoms. The SMILES string of the molecule is NOC(=O)C1(c2ccccc2)CCCC1. The maximum atomic E-state index is 11.8. The van der Waals surface area contributed by atoms with E-state index in [2.05, 4.69) is 4.84 Å². The van der Waals surface area contributed by atoms with E-state index in [1.165, 1.54) is 0 Å². The molecule has 0 atom stereocenters. The number of hydrogen-bond donors (Lipinski definition) is 1. The van der Waals surface area contributed by atoms with Gasteiger partial charge in [0.15, 0.2) is 0 Å². The maximum Gasteiger partial charge on any atom is 0.335 e. The summed E-state index contributed by atoms with van der Waals surface area (Å²) in [7, 11) is 0. The summed E-state index contributed by atoms with van der Waals surface area (Å²) in [5, 5.41) is 0. The zero-order valence-electron chi connectivity index (χ0n) is 8.61. The first-order valence-electron chi connectivity index (χ1n) is 5.26. The van der Waals surface area contributed by atoms with E-state index in [0.29, 0.717) is 0 Å². The average molecular weight is 205 g/mol. The van der Waals surface area contributed by atoms with Gasteiger partial charge in [-0.3, -0.25) is 0 Å². The standard InChI is InChI=1S/C12H15NO2/c13-15-11(14)12(8-4-5-9-12)10-6-2-1-3-7-10/h1-3,6-7H,4-5,8-9,13H2. The number of rotatable bonds is 2. The van der Waals surface area contributed by atoms with Gasteiger partial charge in [0.2, 0.25) is 0 Å². The molecule has 1 fully saturated rings. The van der Waals surface area contributed by atoms with Crippen LogP contribution in [-0.2, 0) is 15.0 Å². The van der Waals surface area contributed by atoms with Crippen molar-refractivity contribution < 1.29 is 9.63 Å². The van der Waals surface area contributed by atoms with Crippen LogP contribution in [0.5, 0.6) is 0 Å². The molecular weight excluding hydrogens is 190 g/mol. The highest BCUT2D eigenvalue weighted by Gasteiger charge is 2.43. The fraction of sp³-hybridized carbons (Fsp3) is 0.417. The summed E-state index contributed by atoms with van der Waals surface area (Å²) >= 11 is 0. The summed E-state index contributed by atoms with van der Waals surface area (Å²) < 4.78 is 0. The molecule has 1 aliphatic carbocycles. The van der Waals surface area contributed by atoms with E-state index >= 15 is 0 Å². The largest absolute Gasteiger partial charge is 0.373 e. The van der Waals surface area contributed by atoms with Crippen LogP contribution in [0, 0.1) is 0 Å². The fourth-order valence-corrected chi connectivity index (χ4v) is 2.46. The monoisotopic (exact) mass is 205 g/mol. The number of hydrogen-bond acceptors (Lipinski definition) is 3. The van der Waals surface area contributed by atoms with Crippen molar-refractivity contribution in [3.05, 3.63) is 35.9 Å². The second-order valence-electron chi connectivity index (χ2n) is 4.06. The lowest BCUT2D eigenvalue weighted by Crippen LogP contribution is -2.36. The van der Waals surface area contributed by atoms with Gasteiger partial charge in [-0.2, -0.15) is 5.90 Å². The predicted octanol–water partition coefficient (Wildman–Crippen LogP) is 1.92. The van der Waals surface area contributed by atoms with E-state index in [1.807, 2.05) is 30.3 Å². The van der Waals surface area contributed by atoms with E-state index in [4.69, 9.17) is 5.90 Å². The van der Waals surface area contributed by atoms with Crippen molar-refractivity contribution in [2.75, 3.05) is 0 Å². The predicted molar refractivity (Wildman–Crippen MR) is 56.9 cm³/mol. The number of carbonyl (C=O) groups excluding carboxylic acids is 1. The minimum Gasteiger partial charge on any atom is -0.373 e. The summed E-state index contributed by atoms with van der Waals surface area (Å²) in [6, 6.07) is 9.78. The highest BCUT2D eigenvalue weighted by Crippen LogP contribution is 2.41. The Kier molecular flexibility index (Phi) is 2.73. The van der Waals surface area contributed by atoms with Crippen molar-refractivity contribution in [2.45, 2.75) is 31.1 Å². The summed E-state index contributed by atoms with van der Waals surface area (Å²) in [5.41, 5.74) is 0.536. The van der Waals surface area contributed by atoms with Gasteiger partial charge in [0.05, 0.1) is 5.41 Å². The molecule has 0 spiro atoms. The topological polar surface area (TPSA) is 52.3 Å². The number of benzene rings is 1. The minimum atomic E-state index is -0.490. The Labute approximate surface area is 89.2 Å². The zero-order valence-corrected chi connectivity index (χ0v) is 8.61. The summed E-state index contributed by atoms with van der Waals surface area (Å²) in [5.74, 6) is 4.73. The first kappa shape index (κ1) is 10.2. The smallest absolute Gasteiger partial charge is 0.335 e. The van der Waals surface area contributed by atoms with Gasteiger partial charge in [0, 0.05) is 0 Å². The van der Waals surface area contributed by atoms with Crippen LogP contribution in [0.3, 0.4) is 0 Å². The molecule has 2 N–H and O–H groups in total. The van der Waals surface area contributed by atoms with E-state index in [1.54, 1.807) is 0 Å². The van der Waals surface area contributed by atoms with Gasteiger partial charge >= 0.3 is 5.97 Å². The molecule has 0 unspecified atom stereocenters. The summed E-state index contributed by atoms with van der Waals surface area (Å²) in [6.07, 6.45) is 3.80. The molecule has 0 saturated heterocycles. The first-order chi connectivity index (χ1) is 7.29. The van der Waals surface area contributed by atoms with Crippen LogP contribution in [0.2, 0.25) is 0 Å². The van der Waals surface area contributed by atoms with Crippen molar-refractivity contribution in [3.8, 4) is 0 Å². The molecule has 3 heteroatoms. The quantitative estimate of drug-likeness (QED) is 0.750. The van der Waals surface area contributed by atoms with Gasteiger partial charge < -0.3 is 4.84 Å². The second kappa shape index (κ2) is 4.03. The van der Waals surface area contributed by atoms with Crippen LogP contribution >= 0.6 is 0 Å². The molecule has 1 aromatic carbocycles. The molecule has 1 aliphatic rings. The molecule has 0 aromatic heterocycles. The highest BCUT2D eigenvalue weighted by atomic mass is 16.7. The van der Waals surface area contributed by atoms with Gasteiger partial charge in [0.1, 0.15) is 0 Å². The van der Waals surface area contributed by atoms with E-state index in [9.17, 15) is 4.79 Å². The molecule has 1 saturated carbocycles. The third-order valence-corrected chi connectivity index (χ3v) is 3.28. The molecule has 0 radical (unpaired) electrons. The molecule has 0 heterocycles. The van der Waals surface area contributed by atoms with Gasteiger partial charge in [-0.05, 0) is 18.4 Å². The lowest BCUT2D eigenvalue weighted by molar-refractivity contribution is -0.151. The van der Waals surface area contributed by atoms with Crippen molar-refractivity contribution in [2.24, 2.45) is 5.90 Å². The van der Waals surface area contributed by atoms with Crippen LogP contribution in [0.1, 0.15) is 31.2 Å². The third-order valence-electron chi connectivity index (χ3n) is 3.28. The number of carbonyl (C=O) groups is 1. The Balaban J connectivity index is 2.39. The Morgan fingerprint density at radius 1 is 1.20 bits per heavy atom. The average Bonchev–Trinajstić information content (AvgIpc) is 2.79. The van der Waals surface area contributed by atoms with Gasteiger partial charge in [0.25, 0.3) is 0 Å². The van der Waals surface area contributed by atoms with Crippen LogP contribution < -0.4 is 5.90 Å². The van der Waals surface area contributed by atoms with Crippen LogP contribution in [0.4, 0.5) is 0 Å². The highest BCUT2D eigenvalue weighted by molar-refractivity contribution is 5.83. The van der Waals surface area contributed by atoms with Gasteiger partial charge in [-0.25, -0.2) is 4.79 Å². The molecule has 2 rings (SSSR count). The zero-order chi connectivity index (χ0) is 10.7. The Bertz CT molecular complexity index is 342. The second-order valence-corrected chi connectivity index (χ2v) is 4.06. The Morgan fingerprint density at radius 3 is 2.33 bits per heavy atom. The number of nitrogens with two attached hydrogens (primary N) is 1. The molecule has 0 aliphatic heterocycles. The van der Waals surface area contributed by atoms with Crippen molar-refractivity contribution >= 4 is 5.97 Å². The first-order valence-corrected chi connectivity index (χ1v) is 5.26. The van der Waals surface area contributed by atoms with Crippen LogP contribution in [0.25, 0.3) is 0 Å². The minimum absolute atomic E-state index is 0.300. The fourth-order valence-electron chi connectivity index (χ4n) is 2.46. The van der Waals surface area contributed by atoms with E-state index in [0.717, 1.165) is 31.2 Å². The van der Waals surface area contributed by atoms with Crippen LogP contribution in [0.15, 0.2) is 30.3 Å². The summed E-state index contributed by atoms with van der Waals surface area (Å²) in [6.45, 7) is 0. The molecule has 80 valence electrons. The van der Waals surface area contributed by atoms with Crippen molar-refractivity contribution in [3.63, 3.8) is 0 Å². The lowest BCUT2D eigenvalue weighted by Gasteiger charge is -2.25. The molecular formula is C12H15NO2. The van der Waals surface area contributed by atoms with Gasteiger partial charge in [-0.15, -0.1) is 0 Å². The molecule has 15 heavy (non-hydrogen) atoms. The Hall–Kier alpha value is -1.35. The lowest BCUT2D eigenvalue weighted by atomic mass is 9.79. The van der Waals surface area contributed by atoms with Crippen molar-refractivity contribution in [1.82, 2.24) is 0 Å². The van der Waals surface area contributed by atoms with E-state index in [-0.39, 0.29) is 5.97 Å². The summed E-state index contributed by atoms with van der Waals surface area (Å²) in [4.78, 5) is 16.2. The Morgan fingerprint density at radius 2 is 1.80 bits per heavy atom. The maximum absolute atomic E-state index is 11.8. The third kappa shape index (κ3) is 1.63. The van der Waals surface area contributed by atoms with Crippen LogP contribution in [-0.4, -0.2) is 5.97 Å².